The highest BCUT2D eigenvalue weighted by Crippen LogP contribution is 2.32. The summed E-state index contributed by atoms with van der Waals surface area (Å²) in [6, 6.07) is 12.2. The Hall–Kier alpha value is -2.84. The molecule has 0 aliphatic rings. The zero-order chi connectivity index (χ0) is 20.9. The number of rotatable bonds is 8. The molecule has 0 aliphatic carbocycles. The zero-order valence-corrected chi connectivity index (χ0v) is 16.1. The maximum Gasteiger partial charge on any atom is 0.573 e. The maximum atomic E-state index is 12.2. The predicted molar refractivity (Wildman–Crippen MR) is 99.4 cm³/mol. The largest absolute Gasteiger partial charge is 0.573 e. The monoisotopic (exact) mass is 427 g/mol. The fraction of sp³-hybridized carbons (Fsp3) is 0.222. The molecule has 29 heavy (non-hydrogen) atoms. The van der Waals surface area contributed by atoms with E-state index in [9.17, 15) is 13.2 Å². The van der Waals surface area contributed by atoms with Gasteiger partial charge in [0, 0.05) is 0 Å². The summed E-state index contributed by atoms with van der Waals surface area (Å²) in [4.78, 5) is 0. The molecule has 2 aromatic carbocycles. The molecule has 0 spiro atoms. The first-order chi connectivity index (χ1) is 13.8. The van der Waals surface area contributed by atoms with Crippen LogP contribution >= 0.6 is 8.15 Å². The molecule has 1 aromatic heterocycles. The first kappa shape index (κ1) is 20.9. The summed E-state index contributed by atoms with van der Waals surface area (Å²) in [7, 11) is -0.910. The maximum absolute atomic E-state index is 12.2. The summed E-state index contributed by atoms with van der Waals surface area (Å²) in [5.41, 5.74) is 1.30. The number of hydrogen-bond donors (Lipinski definition) is 1. The second-order valence-corrected chi connectivity index (χ2v) is 7.54. The van der Waals surface area contributed by atoms with Gasteiger partial charge in [0.05, 0.1) is 18.2 Å². The molecule has 0 saturated carbocycles. The highest BCUT2D eigenvalue weighted by molar-refractivity contribution is 7.51. The van der Waals surface area contributed by atoms with E-state index in [1.54, 1.807) is 35.1 Å². The van der Waals surface area contributed by atoms with E-state index in [2.05, 4.69) is 15.0 Å². The molecule has 1 unspecified atom stereocenters. The van der Waals surface area contributed by atoms with Crippen molar-refractivity contribution in [3.05, 3.63) is 60.4 Å². The third-order valence-corrected chi connectivity index (χ3v) is 4.47. The van der Waals surface area contributed by atoms with Crippen LogP contribution in [-0.4, -0.2) is 39.5 Å². The zero-order valence-electron chi connectivity index (χ0n) is 15.2. The van der Waals surface area contributed by atoms with Crippen LogP contribution in [0.3, 0.4) is 0 Å². The van der Waals surface area contributed by atoms with Gasteiger partial charge in [0.15, 0.2) is 0 Å². The standard InChI is InChI=1S/C18H17F3N3O4P/c1-29(12-25)28-17-4-2-14(3-5-17)24-10-13(22-23-24)11-26-15-6-8-16(9-7-15)27-18(19,20)21/h2-10,25H,11-12H2,1H3. The van der Waals surface area contributed by atoms with Gasteiger partial charge in [-0.15, -0.1) is 18.3 Å². The van der Waals surface area contributed by atoms with Gasteiger partial charge in [-0.1, -0.05) is 5.21 Å². The number of aromatic nitrogens is 3. The highest BCUT2D eigenvalue weighted by Gasteiger charge is 2.30. The number of ether oxygens (including phenoxy) is 2. The average Bonchev–Trinajstić information content (AvgIpc) is 3.16. The van der Waals surface area contributed by atoms with E-state index in [1.165, 1.54) is 24.3 Å². The van der Waals surface area contributed by atoms with Crippen molar-refractivity contribution in [1.29, 1.82) is 0 Å². The summed E-state index contributed by atoms with van der Waals surface area (Å²) < 4.78 is 52.9. The Balaban J connectivity index is 1.56. The summed E-state index contributed by atoms with van der Waals surface area (Å²) in [5, 5.41) is 17.1. The van der Waals surface area contributed by atoms with Gasteiger partial charge in [0.25, 0.3) is 0 Å². The fourth-order valence-corrected chi connectivity index (χ4v) is 2.79. The minimum absolute atomic E-state index is 0.0123. The van der Waals surface area contributed by atoms with E-state index in [-0.39, 0.29) is 18.7 Å². The van der Waals surface area contributed by atoms with Gasteiger partial charge in [-0.2, -0.15) is 0 Å². The predicted octanol–water partition coefficient (Wildman–Crippen LogP) is 4.10. The Bertz CT molecular complexity index is 917. The topological polar surface area (TPSA) is 78.6 Å². The van der Waals surface area contributed by atoms with Crippen LogP contribution in [0.2, 0.25) is 0 Å². The molecule has 1 atom stereocenters. The number of alkyl halides is 3. The van der Waals surface area contributed by atoms with Crippen LogP contribution in [0.5, 0.6) is 17.2 Å². The molecule has 7 nitrogen and oxygen atoms in total. The Morgan fingerprint density at radius 2 is 1.62 bits per heavy atom. The molecule has 154 valence electrons. The average molecular weight is 427 g/mol. The van der Waals surface area contributed by atoms with Crippen LogP contribution in [0.1, 0.15) is 5.69 Å². The van der Waals surface area contributed by atoms with E-state index < -0.39 is 14.5 Å². The van der Waals surface area contributed by atoms with Crippen molar-refractivity contribution in [3.63, 3.8) is 0 Å². The van der Waals surface area contributed by atoms with Gasteiger partial charge in [-0.25, -0.2) is 4.68 Å². The molecular formula is C18H17F3N3O4P. The molecule has 3 aromatic rings. The first-order valence-electron chi connectivity index (χ1n) is 8.32. The number of benzene rings is 2. The van der Waals surface area contributed by atoms with Crippen molar-refractivity contribution in [1.82, 2.24) is 15.0 Å². The molecule has 0 amide bonds. The third kappa shape index (κ3) is 6.33. The van der Waals surface area contributed by atoms with Crippen molar-refractivity contribution in [2.45, 2.75) is 13.0 Å². The van der Waals surface area contributed by atoms with Crippen LogP contribution < -0.4 is 14.0 Å². The molecule has 11 heteroatoms. The van der Waals surface area contributed by atoms with Crippen LogP contribution in [-0.2, 0) is 6.61 Å². The Labute approximate surface area is 165 Å². The van der Waals surface area contributed by atoms with Gasteiger partial charge in [0.1, 0.15) is 37.7 Å². The lowest BCUT2D eigenvalue weighted by Crippen LogP contribution is -2.16. The smallest absolute Gasteiger partial charge is 0.487 e. The number of hydrogen-bond acceptors (Lipinski definition) is 6. The lowest BCUT2D eigenvalue weighted by atomic mass is 10.3. The molecule has 0 aliphatic heterocycles. The molecule has 0 radical (unpaired) electrons. The van der Waals surface area contributed by atoms with Gasteiger partial charge in [0.2, 0.25) is 0 Å². The number of nitrogens with zero attached hydrogens (tertiary/aromatic N) is 3. The van der Waals surface area contributed by atoms with Crippen molar-refractivity contribution in [2.75, 3.05) is 13.0 Å². The number of halogens is 3. The van der Waals surface area contributed by atoms with Crippen LogP contribution in [0.15, 0.2) is 54.7 Å². The third-order valence-electron chi connectivity index (χ3n) is 3.55. The van der Waals surface area contributed by atoms with E-state index in [0.29, 0.717) is 17.2 Å². The van der Waals surface area contributed by atoms with Gasteiger partial charge in [-0.3, -0.25) is 0 Å². The second-order valence-electron chi connectivity index (χ2n) is 5.82. The molecule has 0 saturated heterocycles. The molecule has 0 bridgehead atoms. The molecule has 0 fully saturated rings. The van der Waals surface area contributed by atoms with Crippen LogP contribution in [0, 0.1) is 0 Å². The van der Waals surface area contributed by atoms with Gasteiger partial charge >= 0.3 is 6.36 Å². The molecular weight excluding hydrogens is 410 g/mol. The van der Waals surface area contributed by atoms with E-state index >= 15 is 0 Å². The Morgan fingerprint density at radius 3 is 2.24 bits per heavy atom. The van der Waals surface area contributed by atoms with Crippen molar-refractivity contribution in [2.24, 2.45) is 0 Å². The Morgan fingerprint density at radius 1 is 1.00 bits per heavy atom. The summed E-state index contributed by atoms with van der Waals surface area (Å²) >= 11 is 0. The van der Waals surface area contributed by atoms with Crippen molar-refractivity contribution >= 4 is 8.15 Å². The summed E-state index contributed by atoms with van der Waals surface area (Å²) in [5.74, 6) is 0.700. The quantitative estimate of drug-likeness (QED) is 0.546. The summed E-state index contributed by atoms with van der Waals surface area (Å²) in [6.45, 7) is 1.92. The lowest BCUT2D eigenvalue weighted by Gasteiger charge is -2.11. The Kier molecular flexibility index (Phi) is 6.56. The van der Waals surface area contributed by atoms with Gasteiger partial charge < -0.3 is 19.1 Å². The molecule has 3 rings (SSSR count). The lowest BCUT2D eigenvalue weighted by molar-refractivity contribution is -0.274. The molecule has 1 heterocycles. The first-order valence-corrected chi connectivity index (χ1v) is 10.2. The minimum atomic E-state index is -4.73. The fourth-order valence-electron chi connectivity index (χ4n) is 2.25. The highest BCUT2D eigenvalue weighted by atomic mass is 31.1. The van der Waals surface area contributed by atoms with Crippen LogP contribution in [0.4, 0.5) is 13.2 Å². The van der Waals surface area contributed by atoms with E-state index in [1.807, 2.05) is 6.66 Å². The SMILES string of the molecule is CP(CO)Oc1ccc(-n2cc(COc3ccc(OC(F)(F)F)cc3)nn2)cc1. The van der Waals surface area contributed by atoms with E-state index in [0.717, 1.165) is 5.69 Å². The second kappa shape index (κ2) is 9.11. The summed E-state index contributed by atoms with van der Waals surface area (Å²) in [6.07, 6.45) is -3.07. The van der Waals surface area contributed by atoms with Crippen molar-refractivity contribution < 1.29 is 32.3 Å². The normalized spacial score (nSPS) is 12.4. The van der Waals surface area contributed by atoms with Crippen molar-refractivity contribution in [3.8, 4) is 22.9 Å². The molecule has 1 N–H and O–H groups in total. The van der Waals surface area contributed by atoms with Crippen LogP contribution in [0.25, 0.3) is 5.69 Å². The number of aliphatic hydroxyl groups excluding tert-OH is 1. The minimum Gasteiger partial charge on any atom is -0.487 e. The van der Waals surface area contributed by atoms with Gasteiger partial charge in [-0.05, 0) is 55.2 Å². The number of aliphatic hydroxyl groups is 1. The van der Waals surface area contributed by atoms with E-state index in [4.69, 9.17) is 14.4 Å².